The van der Waals surface area contributed by atoms with Crippen LogP contribution in [0.25, 0.3) is 10.9 Å². The molecule has 26 heavy (non-hydrogen) atoms. The summed E-state index contributed by atoms with van der Waals surface area (Å²) < 4.78 is 13.9. The molecule has 1 aliphatic carbocycles. The highest BCUT2D eigenvalue weighted by molar-refractivity contribution is 6.06. The summed E-state index contributed by atoms with van der Waals surface area (Å²) in [6, 6.07) is 7.79. The lowest BCUT2D eigenvalue weighted by Crippen LogP contribution is -2.48. The number of amides is 1. The molecular formula is C21H24FN3O. The molecule has 2 aliphatic heterocycles. The molecule has 1 saturated carbocycles. The number of nitrogens with zero attached hydrogens (tertiary/aromatic N) is 2. The SMILES string of the molecule is CN(C(=O)c1cc(C2CC2)nc2ccc(F)cc12)C1CC2CCC(C1)N2. The minimum atomic E-state index is -0.324. The normalized spacial score (nSPS) is 27.7. The van der Waals surface area contributed by atoms with Crippen molar-refractivity contribution in [1.29, 1.82) is 0 Å². The fourth-order valence-corrected chi connectivity index (χ4v) is 4.68. The number of nitrogens with one attached hydrogen (secondary N) is 1. The third-order valence-corrected chi connectivity index (χ3v) is 6.33. The predicted molar refractivity (Wildman–Crippen MR) is 98.7 cm³/mol. The Kier molecular flexibility index (Phi) is 3.74. The van der Waals surface area contributed by atoms with Crippen LogP contribution < -0.4 is 5.32 Å². The molecule has 136 valence electrons. The van der Waals surface area contributed by atoms with Crippen molar-refractivity contribution in [3.63, 3.8) is 0 Å². The summed E-state index contributed by atoms with van der Waals surface area (Å²) >= 11 is 0. The van der Waals surface area contributed by atoms with E-state index in [0.717, 1.165) is 36.9 Å². The number of pyridine rings is 1. The molecule has 3 fully saturated rings. The Bertz CT molecular complexity index is 867. The third kappa shape index (κ3) is 2.78. The number of benzene rings is 1. The van der Waals surface area contributed by atoms with Crippen molar-refractivity contribution in [2.75, 3.05) is 7.05 Å². The van der Waals surface area contributed by atoms with Crippen molar-refractivity contribution in [3.8, 4) is 0 Å². The van der Waals surface area contributed by atoms with E-state index in [1.54, 1.807) is 6.07 Å². The molecule has 1 N–H and O–H groups in total. The molecular weight excluding hydrogens is 329 g/mol. The number of hydrogen-bond donors (Lipinski definition) is 1. The smallest absolute Gasteiger partial charge is 0.254 e. The minimum Gasteiger partial charge on any atom is -0.339 e. The van der Waals surface area contributed by atoms with Crippen molar-refractivity contribution in [2.45, 2.75) is 62.6 Å². The molecule has 2 atom stereocenters. The molecule has 0 spiro atoms. The Hall–Kier alpha value is -2.01. The van der Waals surface area contributed by atoms with Crippen molar-refractivity contribution in [3.05, 3.63) is 41.3 Å². The van der Waals surface area contributed by atoms with Gasteiger partial charge in [0.2, 0.25) is 0 Å². The van der Waals surface area contributed by atoms with Gasteiger partial charge in [-0.25, -0.2) is 4.39 Å². The van der Waals surface area contributed by atoms with Gasteiger partial charge in [0.05, 0.1) is 11.1 Å². The van der Waals surface area contributed by atoms with Gasteiger partial charge in [-0.2, -0.15) is 0 Å². The maximum atomic E-state index is 13.9. The molecule has 2 bridgehead atoms. The molecule has 2 aromatic rings. The van der Waals surface area contributed by atoms with Gasteiger partial charge in [-0.15, -0.1) is 0 Å². The van der Waals surface area contributed by atoms with Crippen LogP contribution in [0.15, 0.2) is 24.3 Å². The average molecular weight is 353 g/mol. The third-order valence-electron chi connectivity index (χ3n) is 6.33. The highest BCUT2D eigenvalue weighted by Crippen LogP contribution is 2.40. The summed E-state index contributed by atoms with van der Waals surface area (Å²) in [6.07, 6.45) is 6.68. The lowest BCUT2D eigenvalue weighted by atomic mass is 9.97. The number of aromatic nitrogens is 1. The van der Waals surface area contributed by atoms with E-state index in [-0.39, 0.29) is 17.8 Å². The summed E-state index contributed by atoms with van der Waals surface area (Å²) in [6.45, 7) is 0. The van der Waals surface area contributed by atoms with Gasteiger partial charge in [0.25, 0.3) is 5.91 Å². The van der Waals surface area contributed by atoms with E-state index < -0.39 is 0 Å². The van der Waals surface area contributed by atoms with Gasteiger partial charge in [0, 0.05) is 42.2 Å². The molecule has 0 radical (unpaired) electrons. The average Bonchev–Trinajstić information content (AvgIpc) is 3.44. The van der Waals surface area contributed by atoms with Crippen molar-refractivity contribution in [1.82, 2.24) is 15.2 Å². The fraction of sp³-hybridized carbons (Fsp3) is 0.524. The second kappa shape index (κ2) is 6.02. The minimum absolute atomic E-state index is 0.00352. The predicted octanol–water partition coefficient (Wildman–Crippen LogP) is 3.61. The van der Waals surface area contributed by atoms with E-state index >= 15 is 0 Å². The first-order valence-corrected chi connectivity index (χ1v) is 9.72. The zero-order valence-electron chi connectivity index (χ0n) is 15.0. The van der Waals surface area contributed by atoms with Gasteiger partial charge in [-0.1, -0.05) is 0 Å². The van der Waals surface area contributed by atoms with Gasteiger partial charge in [0.1, 0.15) is 5.82 Å². The Morgan fingerprint density at radius 3 is 2.58 bits per heavy atom. The van der Waals surface area contributed by atoms with Crippen molar-refractivity contribution in [2.24, 2.45) is 0 Å². The number of hydrogen-bond acceptors (Lipinski definition) is 3. The first kappa shape index (κ1) is 16.2. The van der Waals surface area contributed by atoms with Crippen molar-refractivity contribution < 1.29 is 9.18 Å². The molecule has 3 aliphatic rings. The molecule has 1 amide bonds. The van der Waals surface area contributed by atoms with Crippen LogP contribution in [0.4, 0.5) is 4.39 Å². The van der Waals surface area contributed by atoms with Gasteiger partial charge in [0.15, 0.2) is 0 Å². The van der Waals surface area contributed by atoms with Crippen LogP contribution in [0.1, 0.15) is 60.5 Å². The summed E-state index contributed by atoms with van der Waals surface area (Å²) in [7, 11) is 1.90. The van der Waals surface area contributed by atoms with Gasteiger partial charge >= 0.3 is 0 Å². The lowest BCUT2D eigenvalue weighted by molar-refractivity contribution is 0.0683. The maximum Gasteiger partial charge on any atom is 0.254 e. The lowest BCUT2D eigenvalue weighted by Gasteiger charge is -2.35. The molecule has 2 saturated heterocycles. The topological polar surface area (TPSA) is 45.2 Å². The zero-order valence-corrected chi connectivity index (χ0v) is 15.0. The Balaban J connectivity index is 1.52. The molecule has 1 aromatic carbocycles. The molecule has 1 aromatic heterocycles. The van der Waals surface area contributed by atoms with Gasteiger partial charge in [-0.05, 0) is 62.8 Å². The van der Waals surface area contributed by atoms with Crippen LogP contribution in [-0.2, 0) is 0 Å². The summed E-state index contributed by atoms with van der Waals surface area (Å²) in [4.78, 5) is 19.9. The summed E-state index contributed by atoms with van der Waals surface area (Å²) in [5.74, 6) is 0.127. The maximum absolute atomic E-state index is 13.9. The molecule has 5 heteroatoms. The monoisotopic (exact) mass is 353 g/mol. The number of carbonyl (C=O) groups excluding carboxylic acids is 1. The summed E-state index contributed by atoms with van der Waals surface area (Å²) in [5, 5.41) is 4.25. The summed E-state index contributed by atoms with van der Waals surface area (Å²) in [5.41, 5.74) is 2.30. The number of carbonyl (C=O) groups is 1. The van der Waals surface area contributed by atoms with Crippen LogP contribution in [-0.4, -0.2) is 41.0 Å². The molecule has 3 heterocycles. The van der Waals surface area contributed by atoms with Crippen molar-refractivity contribution >= 4 is 16.8 Å². The molecule has 5 rings (SSSR count). The largest absolute Gasteiger partial charge is 0.339 e. The van der Waals surface area contributed by atoms with E-state index in [9.17, 15) is 9.18 Å². The highest BCUT2D eigenvalue weighted by Gasteiger charge is 2.37. The van der Waals surface area contributed by atoms with Crippen LogP contribution in [0.2, 0.25) is 0 Å². The van der Waals surface area contributed by atoms with Gasteiger partial charge in [-0.3, -0.25) is 9.78 Å². The second-order valence-corrected chi connectivity index (χ2v) is 8.21. The number of halogens is 1. The standard InChI is InChI=1S/C21H24FN3O/c1-25(16-9-14-5-6-15(10-16)23-14)21(26)18-11-20(12-2-3-12)24-19-7-4-13(22)8-17(18)19/h4,7-8,11-12,14-16,23H,2-3,5-6,9-10H2,1H3. The van der Waals surface area contributed by atoms with E-state index in [1.165, 1.54) is 25.0 Å². The van der Waals surface area contributed by atoms with Crippen LogP contribution in [0, 0.1) is 5.82 Å². The van der Waals surface area contributed by atoms with E-state index in [1.807, 2.05) is 18.0 Å². The van der Waals surface area contributed by atoms with Crippen LogP contribution in [0.3, 0.4) is 0 Å². The van der Waals surface area contributed by atoms with E-state index in [2.05, 4.69) is 10.3 Å². The number of fused-ring (bicyclic) bond motifs is 3. The first-order chi connectivity index (χ1) is 12.6. The molecule has 2 unspecified atom stereocenters. The van der Waals surface area contributed by atoms with E-state index in [4.69, 9.17) is 0 Å². The second-order valence-electron chi connectivity index (χ2n) is 8.21. The zero-order chi connectivity index (χ0) is 17.8. The van der Waals surface area contributed by atoms with Crippen LogP contribution in [0.5, 0.6) is 0 Å². The Morgan fingerprint density at radius 2 is 1.88 bits per heavy atom. The number of rotatable bonds is 3. The fourth-order valence-electron chi connectivity index (χ4n) is 4.68. The highest BCUT2D eigenvalue weighted by atomic mass is 19.1. The Labute approximate surface area is 152 Å². The first-order valence-electron chi connectivity index (χ1n) is 9.72. The quantitative estimate of drug-likeness (QED) is 0.917. The van der Waals surface area contributed by atoms with Crippen LogP contribution >= 0.6 is 0 Å². The van der Waals surface area contributed by atoms with Gasteiger partial charge < -0.3 is 10.2 Å². The van der Waals surface area contributed by atoms with E-state index in [0.29, 0.717) is 29.0 Å². The Morgan fingerprint density at radius 1 is 1.15 bits per heavy atom. The number of piperidine rings is 1. The molecule has 4 nitrogen and oxygen atoms in total.